The summed E-state index contributed by atoms with van der Waals surface area (Å²) in [5.41, 5.74) is 0. The lowest BCUT2D eigenvalue weighted by Crippen LogP contribution is -2.12. The Morgan fingerprint density at radius 2 is 1.14 bits per heavy atom. The van der Waals surface area contributed by atoms with Crippen LogP contribution in [0.3, 0.4) is 0 Å². The zero-order chi connectivity index (χ0) is 20.9. The van der Waals surface area contributed by atoms with Crippen LogP contribution in [-0.2, 0) is 4.79 Å². The Labute approximate surface area is 173 Å². The van der Waals surface area contributed by atoms with E-state index < -0.39 is 5.97 Å². The van der Waals surface area contributed by atoms with Crippen LogP contribution in [0.25, 0.3) is 0 Å². The molecule has 0 bridgehead atoms. The molecule has 0 aliphatic rings. The molecule has 0 amide bonds. The first-order valence-electron chi connectivity index (χ1n) is 11.8. The maximum Gasteiger partial charge on any atom is 0.303 e. The molecule has 0 aliphatic heterocycles. The van der Waals surface area contributed by atoms with Crippen LogP contribution in [0.15, 0.2) is 12.2 Å². The zero-order valence-corrected chi connectivity index (χ0v) is 18.3. The van der Waals surface area contributed by atoms with Crippen LogP contribution in [0.5, 0.6) is 0 Å². The van der Waals surface area contributed by atoms with Crippen molar-refractivity contribution in [2.45, 2.75) is 135 Å². The molecule has 0 saturated carbocycles. The van der Waals surface area contributed by atoms with E-state index in [-0.39, 0.29) is 12.2 Å². The third kappa shape index (κ3) is 21.4. The highest BCUT2D eigenvalue weighted by molar-refractivity contribution is 5.66. The second-order valence-electron chi connectivity index (χ2n) is 8.18. The van der Waals surface area contributed by atoms with Crippen molar-refractivity contribution in [2.24, 2.45) is 0 Å². The summed E-state index contributed by atoms with van der Waals surface area (Å²) in [6, 6.07) is 0. The predicted octanol–water partition coefficient (Wildman–Crippen LogP) is 6.39. The molecule has 0 rings (SSSR count). The fourth-order valence-corrected chi connectivity index (χ4v) is 3.49. The van der Waals surface area contributed by atoms with E-state index in [9.17, 15) is 15.0 Å². The molecule has 0 aromatic rings. The first kappa shape index (κ1) is 27.1. The number of rotatable bonds is 21. The Balaban J connectivity index is 3.26. The van der Waals surface area contributed by atoms with Crippen molar-refractivity contribution in [3.05, 3.63) is 12.2 Å². The zero-order valence-electron chi connectivity index (χ0n) is 18.3. The lowest BCUT2D eigenvalue weighted by Gasteiger charge is -2.13. The molecule has 0 fully saturated rings. The summed E-state index contributed by atoms with van der Waals surface area (Å²) in [5, 5.41) is 28.4. The van der Waals surface area contributed by atoms with Crippen LogP contribution >= 0.6 is 0 Å². The van der Waals surface area contributed by atoms with E-state index in [1.165, 1.54) is 57.8 Å². The summed E-state index contributed by atoms with van der Waals surface area (Å²) < 4.78 is 0. The molecule has 0 spiro atoms. The fourth-order valence-electron chi connectivity index (χ4n) is 3.49. The van der Waals surface area contributed by atoms with Gasteiger partial charge in [0.1, 0.15) is 0 Å². The van der Waals surface area contributed by atoms with E-state index >= 15 is 0 Å². The van der Waals surface area contributed by atoms with Gasteiger partial charge in [0, 0.05) is 6.42 Å². The van der Waals surface area contributed by atoms with Gasteiger partial charge in [-0.1, -0.05) is 89.7 Å². The van der Waals surface area contributed by atoms with E-state index in [0.717, 1.165) is 32.1 Å². The molecule has 0 heterocycles. The largest absolute Gasteiger partial charge is 0.481 e. The normalized spacial score (nSPS) is 13.8. The molecular weight excluding hydrogens is 352 g/mol. The quantitative estimate of drug-likeness (QED) is 0.155. The summed E-state index contributed by atoms with van der Waals surface area (Å²) in [6.45, 7) is 2.09. The number of aliphatic carboxylic acids is 1. The Kier molecular flexibility index (Phi) is 20.2. The van der Waals surface area contributed by atoms with E-state index in [4.69, 9.17) is 5.11 Å². The van der Waals surface area contributed by atoms with Gasteiger partial charge in [-0.15, -0.1) is 0 Å². The van der Waals surface area contributed by atoms with Crippen LogP contribution in [-0.4, -0.2) is 33.5 Å². The molecule has 0 aliphatic carbocycles. The minimum absolute atomic E-state index is 0.264. The van der Waals surface area contributed by atoms with Crippen molar-refractivity contribution < 1.29 is 20.1 Å². The number of unbranched alkanes of at least 4 members (excludes halogenated alkanes) is 11. The van der Waals surface area contributed by atoms with E-state index in [1.54, 1.807) is 0 Å². The average Bonchev–Trinajstić information content (AvgIpc) is 2.66. The standard InChI is InChI=1S/C24H46O4/c1-2-3-14-17-22(25)20-21-23(26)18-15-12-10-8-6-4-5-7-9-11-13-16-19-24(27)28/h3,14,22-23,25-26H,2,4-13,15-21H2,1H3,(H,27,28). The van der Waals surface area contributed by atoms with Crippen molar-refractivity contribution in [2.75, 3.05) is 0 Å². The van der Waals surface area contributed by atoms with E-state index in [0.29, 0.717) is 25.7 Å². The predicted molar refractivity (Wildman–Crippen MR) is 118 cm³/mol. The topological polar surface area (TPSA) is 77.8 Å². The maximum atomic E-state index is 10.4. The second kappa shape index (κ2) is 20.9. The van der Waals surface area contributed by atoms with Crippen molar-refractivity contribution >= 4 is 5.97 Å². The summed E-state index contributed by atoms with van der Waals surface area (Å²) in [4.78, 5) is 10.4. The first-order chi connectivity index (χ1) is 13.6. The van der Waals surface area contributed by atoms with Gasteiger partial charge >= 0.3 is 5.97 Å². The van der Waals surface area contributed by atoms with Crippen LogP contribution in [0, 0.1) is 0 Å². The number of hydrogen-bond acceptors (Lipinski definition) is 3. The first-order valence-corrected chi connectivity index (χ1v) is 11.8. The number of allylic oxidation sites excluding steroid dienone is 1. The number of aliphatic hydroxyl groups excluding tert-OH is 2. The van der Waals surface area contributed by atoms with Gasteiger partial charge in [0.15, 0.2) is 0 Å². The Morgan fingerprint density at radius 3 is 1.64 bits per heavy atom. The molecule has 28 heavy (non-hydrogen) atoms. The monoisotopic (exact) mass is 398 g/mol. The SMILES string of the molecule is CCC=CCC(O)CCC(O)CCCCCCCCCCCCCCC(=O)O. The van der Waals surface area contributed by atoms with Gasteiger partial charge in [-0.2, -0.15) is 0 Å². The number of carboxylic acids is 1. The Bertz CT molecular complexity index is 368. The molecule has 166 valence electrons. The third-order valence-corrected chi connectivity index (χ3v) is 5.32. The smallest absolute Gasteiger partial charge is 0.303 e. The van der Waals surface area contributed by atoms with Gasteiger partial charge in [-0.05, 0) is 38.5 Å². The van der Waals surface area contributed by atoms with Gasteiger partial charge in [-0.3, -0.25) is 4.79 Å². The van der Waals surface area contributed by atoms with Crippen LogP contribution < -0.4 is 0 Å². The molecular formula is C24H46O4. The fraction of sp³-hybridized carbons (Fsp3) is 0.875. The van der Waals surface area contributed by atoms with Crippen molar-refractivity contribution in [1.82, 2.24) is 0 Å². The van der Waals surface area contributed by atoms with Gasteiger partial charge in [-0.25, -0.2) is 0 Å². The summed E-state index contributed by atoms with van der Waals surface area (Å²) >= 11 is 0. The number of aliphatic hydroxyl groups is 2. The van der Waals surface area contributed by atoms with Crippen LogP contribution in [0.2, 0.25) is 0 Å². The summed E-state index contributed by atoms with van der Waals surface area (Å²) in [7, 11) is 0. The minimum atomic E-state index is -0.677. The molecule has 0 aromatic carbocycles. The van der Waals surface area contributed by atoms with E-state index in [1.807, 2.05) is 6.08 Å². The van der Waals surface area contributed by atoms with Crippen molar-refractivity contribution in [1.29, 1.82) is 0 Å². The highest BCUT2D eigenvalue weighted by Crippen LogP contribution is 2.15. The molecule has 3 N–H and O–H groups in total. The molecule has 2 unspecified atom stereocenters. The third-order valence-electron chi connectivity index (χ3n) is 5.32. The molecule has 0 aromatic heterocycles. The lowest BCUT2D eigenvalue weighted by molar-refractivity contribution is -0.137. The van der Waals surface area contributed by atoms with Gasteiger partial charge in [0.05, 0.1) is 12.2 Å². The summed E-state index contributed by atoms with van der Waals surface area (Å²) in [6.07, 6.45) is 22.1. The molecule has 4 nitrogen and oxygen atoms in total. The van der Waals surface area contributed by atoms with Crippen molar-refractivity contribution in [3.8, 4) is 0 Å². The van der Waals surface area contributed by atoms with E-state index in [2.05, 4.69) is 13.0 Å². The second-order valence-corrected chi connectivity index (χ2v) is 8.18. The maximum absolute atomic E-state index is 10.4. The lowest BCUT2D eigenvalue weighted by atomic mass is 10.0. The highest BCUT2D eigenvalue weighted by Gasteiger charge is 2.08. The Hall–Kier alpha value is -0.870. The molecule has 0 saturated heterocycles. The number of carboxylic acid groups (broad SMARTS) is 1. The summed E-state index contributed by atoms with van der Waals surface area (Å²) in [5.74, 6) is -0.677. The molecule has 4 heteroatoms. The number of hydrogen-bond donors (Lipinski definition) is 3. The van der Waals surface area contributed by atoms with Gasteiger partial charge in [0.2, 0.25) is 0 Å². The molecule has 0 radical (unpaired) electrons. The number of carbonyl (C=O) groups is 1. The van der Waals surface area contributed by atoms with Crippen LogP contribution in [0.1, 0.15) is 122 Å². The average molecular weight is 399 g/mol. The highest BCUT2D eigenvalue weighted by atomic mass is 16.4. The van der Waals surface area contributed by atoms with Crippen molar-refractivity contribution in [3.63, 3.8) is 0 Å². The minimum Gasteiger partial charge on any atom is -0.481 e. The molecule has 2 atom stereocenters. The van der Waals surface area contributed by atoms with Gasteiger partial charge in [0.25, 0.3) is 0 Å². The van der Waals surface area contributed by atoms with Crippen LogP contribution in [0.4, 0.5) is 0 Å². The van der Waals surface area contributed by atoms with Gasteiger partial charge < -0.3 is 15.3 Å². The Morgan fingerprint density at radius 1 is 0.679 bits per heavy atom.